The summed E-state index contributed by atoms with van der Waals surface area (Å²) >= 11 is 0. The molecule has 2 aliphatic rings. The van der Waals surface area contributed by atoms with Crippen molar-refractivity contribution in [3.8, 4) is 0 Å². The highest BCUT2D eigenvalue weighted by molar-refractivity contribution is 5.86. The SMILES string of the molecule is C=C1C(OC(=O)/C=C(\C)CC)CC(C(C)C)C2C1CC(=O)C2C(C)OC(C)=O. The van der Waals surface area contributed by atoms with Crippen molar-refractivity contribution >= 4 is 17.7 Å². The molecule has 28 heavy (non-hydrogen) atoms. The van der Waals surface area contributed by atoms with E-state index in [1.807, 2.05) is 13.8 Å². The molecule has 0 aromatic heterocycles. The average Bonchev–Trinajstić information content (AvgIpc) is 2.93. The first-order valence-corrected chi connectivity index (χ1v) is 10.3. The Morgan fingerprint density at radius 1 is 1.25 bits per heavy atom. The molecule has 2 rings (SSSR count). The van der Waals surface area contributed by atoms with Crippen LogP contribution >= 0.6 is 0 Å². The number of esters is 2. The Bertz CT molecular complexity index is 674. The van der Waals surface area contributed by atoms with Crippen LogP contribution in [0.2, 0.25) is 0 Å². The van der Waals surface area contributed by atoms with Crippen LogP contribution in [0.1, 0.15) is 60.8 Å². The van der Waals surface area contributed by atoms with Crippen LogP contribution in [-0.4, -0.2) is 29.9 Å². The highest BCUT2D eigenvalue weighted by Crippen LogP contribution is 2.53. The second kappa shape index (κ2) is 9.06. The number of ether oxygens (including phenoxy) is 2. The molecule has 2 fully saturated rings. The van der Waals surface area contributed by atoms with Crippen molar-refractivity contribution in [2.24, 2.45) is 29.6 Å². The molecule has 0 aliphatic heterocycles. The number of hydrogen-bond acceptors (Lipinski definition) is 5. The number of fused-ring (bicyclic) bond motifs is 1. The van der Waals surface area contributed by atoms with Gasteiger partial charge in [-0.1, -0.05) is 32.9 Å². The molecule has 0 radical (unpaired) electrons. The fourth-order valence-electron chi connectivity index (χ4n) is 4.92. The maximum Gasteiger partial charge on any atom is 0.331 e. The molecule has 0 bridgehead atoms. The lowest BCUT2D eigenvalue weighted by atomic mass is 9.63. The predicted octanol–water partition coefficient (Wildman–Crippen LogP) is 4.26. The standard InChI is InChI=1S/C23H34O5/c1-8-13(4)9-21(26)28-20-11-17(12(2)3)23-18(14(20)5)10-19(25)22(23)15(6)27-16(7)24/h9,12,15,17-18,20,22-23H,5,8,10-11H2,1-4,6-7H3/b13-9+. The molecule has 156 valence electrons. The zero-order valence-corrected chi connectivity index (χ0v) is 18.0. The smallest absolute Gasteiger partial charge is 0.331 e. The summed E-state index contributed by atoms with van der Waals surface area (Å²) in [6, 6.07) is 0. The second-order valence-electron chi connectivity index (χ2n) is 8.68. The molecule has 6 unspecified atom stereocenters. The van der Waals surface area contributed by atoms with Crippen molar-refractivity contribution in [1.82, 2.24) is 0 Å². The van der Waals surface area contributed by atoms with E-state index in [-0.39, 0.29) is 47.5 Å². The molecule has 0 N–H and O–H groups in total. The van der Waals surface area contributed by atoms with Crippen LogP contribution in [0, 0.1) is 29.6 Å². The van der Waals surface area contributed by atoms with Crippen molar-refractivity contribution in [2.45, 2.75) is 73.0 Å². The minimum atomic E-state index is -0.455. The molecule has 0 saturated heterocycles. The van der Waals surface area contributed by atoms with Crippen LogP contribution in [0.4, 0.5) is 0 Å². The maximum absolute atomic E-state index is 12.8. The Hall–Kier alpha value is -1.91. The summed E-state index contributed by atoms with van der Waals surface area (Å²) in [4.78, 5) is 36.6. The topological polar surface area (TPSA) is 69.7 Å². The quantitative estimate of drug-likeness (QED) is 0.385. The van der Waals surface area contributed by atoms with Gasteiger partial charge in [0.15, 0.2) is 0 Å². The van der Waals surface area contributed by atoms with E-state index in [1.165, 1.54) is 13.0 Å². The third kappa shape index (κ3) is 4.73. The van der Waals surface area contributed by atoms with Gasteiger partial charge in [0.1, 0.15) is 18.0 Å². The van der Waals surface area contributed by atoms with Gasteiger partial charge in [0.2, 0.25) is 0 Å². The highest BCUT2D eigenvalue weighted by Gasteiger charge is 2.55. The molecule has 0 amide bonds. The van der Waals surface area contributed by atoms with E-state index in [0.717, 1.165) is 17.6 Å². The third-order valence-electron chi connectivity index (χ3n) is 6.44. The van der Waals surface area contributed by atoms with E-state index in [2.05, 4.69) is 20.4 Å². The number of ketones is 1. The third-order valence-corrected chi connectivity index (χ3v) is 6.44. The largest absolute Gasteiger partial charge is 0.462 e. The van der Waals surface area contributed by atoms with E-state index in [9.17, 15) is 14.4 Å². The number of carbonyl (C=O) groups excluding carboxylic acids is 3. The molecule has 0 heterocycles. The number of allylic oxidation sites excluding steroid dienone is 1. The fourth-order valence-corrected chi connectivity index (χ4v) is 4.92. The van der Waals surface area contributed by atoms with E-state index in [4.69, 9.17) is 9.47 Å². The van der Waals surface area contributed by atoms with Gasteiger partial charge in [0, 0.05) is 19.4 Å². The van der Waals surface area contributed by atoms with Crippen molar-refractivity contribution in [3.63, 3.8) is 0 Å². The first-order valence-electron chi connectivity index (χ1n) is 10.3. The van der Waals surface area contributed by atoms with Crippen molar-refractivity contribution < 1.29 is 23.9 Å². The van der Waals surface area contributed by atoms with Gasteiger partial charge in [0.05, 0.1) is 5.92 Å². The number of carbonyl (C=O) groups is 3. The van der Waals surface area contributed by atoms with Gasteiger partial charge in [-0.3, -0.25) is 9.59 Å². The van der Waals surface area contributed by atoms with Gasteiger partial charge >= 0.3 is 11.9 Å². The first kappa shape index (κ1) is 22.4. The van der Waals surface area contributed by atoms with Gasteiger partial charge in [-0.05, 0) is 55.9 Å². The number of Topliss-reactive ketones (excluding diaryl/α,β-unsaturated/α-hetero) is 1. The van der Waals surface area contributed by atoms with Gasteiger partial charge in [0.25, 0.3) is 0 Å². The Labute approximate surface area is 168 Å². The van der Waals surface area contributed by atoms with Crippen LogP contribution in [0.3, 0.4) is 0 Å². The van der Waals surface area contributed by atoms with Crippen molar-refractivity contribution in [1.29, 1.82) is 0 Å². The molecule has 0 spiro atoms. The maximum atomic E-state index is 12.8. The van der Waals surface area contributed by atoms with Crippen LogP contribution < -0.4 is 0 Å². The minimum Gasteiger partial charge on any atom is -0.462 e. The molecule has 0 aromatic rings. The fraction of sp³-hybridized carbons (Fsp3) is 0.696. The van der Waals surface area contributed by atoms with Gasteiger partial charge < -0.3 is 9.47 Å². The van der Waals surface area contributed by atoms with E-state index in [1.54, 1.807) is 6.92 Å². The Morgan fingerprint density at radius 3 is 2.43 bits per heavy atom. The summed E-state index contributed by atoms with van der Waals surface area (Å²) in [5.41, 5.74) is 1.79. The summed E-state index contributed by atoms with van der Waals surface area (Å²) in [5.74, 6) is -0.388. The summed E-state index contributed by atoms with van der Waals surface area (Å²) < 4.78 is 11.1. The molecule has 0 aromatic carbocycles. The number of rotatable bonds is 6. The summed E-state index contributed by atoms with van der Waals surface area (Å²) in [6.07, 6.45) is 2.53. The Morgan fingerprint density at radius 2 is 1.89 bits per heavy atom. The van der Waals surface area contributed by atoms with Crippen molar-refractivity contribution in [2.75, 3.05) is 0 Å². The normalized spacial score (nSPS) is 31.5. The Balaban J connectivity index is 2.26. The van der Waals surface area contributed by atoms with E-state index >= 15 is 0 Å². The summed E-state index contributed by atoms with van der Waals surface area (Å²) in [7, 11) is 0. The molecule has 2 aliphatic carbocycles. The molecule has 5 heteroatoms. The molecule has 6 atom stereocenters. The lowest BCUT2D eigenvalue weighted by Crippen LogP contribution is -2.44. The van der Waals surface area contributed by atoms with Crippen LogP contribution in [0.5, 0.6) is 0 Å². The number of hydrogen-bond donors (Lipinski definition) is 0. The van der Waals surface area contributed by atoms with Gasteiger partial charge in [-0.2, -0.15) is 0 Å². The van der Waals surface area contributed by atoms with E-state index in [0.29, 0.717) is 18.8 Å². The van der Waals surface area contributed by atoms with E-state index < -0.39 is 6.10 Å². The lowest BCUT2D eigenvalue weighted by molar-refractivity contribution is -0.153. The minimum absolute atomic E-state index is 0.0364. The van der Waals surface area contributed by atoms with Gasteiger partial charge in [-0.25, -0.2) is 4.79 Å². The first-order chi connectivity index (χ1) is 13.1. The van der Waals surface area contributed by atoms with Crippen LogP contribution in [0.25, 0.3) is 0 Å². The molecule has 2 saturated carbocycles. The lowest BCUT2D eigenvalue weighted by Gasteiger charge is -2.44. The zero-order valence-electron chi connectivity index (χ0n) is 18.0. The second-order valence-corrected chi connectivity index (χ2v) is 8.68. The highest BCUT2D eigenvalue weighted by atomic mass is 16.5. The predicted molar refractivity (Wildman–Crippen MR) is 107 cm³/mol. The molecular weight excluding hydrogens is 356 g/mol. The summed E-state index contributed by atoms with van der Waals surface area (Å²) in [6.45, 7) is 15.5. The average molecular weight is 391 g/mol. The molecular formula is C23H34O5. The Kier molecular flexibility index (Phi) is 7.24. The molecule has 5 nitrogen and oxygen atoms in total. The van der Waals surface area contributed by atoms with Crippen molar-refractivity contribution in [3.05, 3.63) is 23.8 Å². The van der Waals surface area contributed by atoms with Gasteiger partial charge in [-0.15, -0.1) is 0 Å². The zero-order chi connectivity index (χ0) is 21.2. The van der Waals surface area contributed by atoms with Crippen LogP contribution in [-0.2, 0) is 23.9 Å². The monoisotopic (exact) mass is 390 g/mol. The summed E-state index contributed by atoms with van der Waals surface area (Å²) in [5, 5.41) is 0. The van der Waals surface area contributed by atoms with Crippen LogP contribution in [0.15, 0.2) is 23.8 Å².